The smallest absolute Gasteiger partial charge is 0.342 e. The lowest BCUT2D eigenvalue weighted by atomic mass is 10.2. The van der Waals surface area contributed by atoms with Gasteiger partial charge in [-0.1, -0.05) is 42.5 Å². The van der Waals surface area contributed by atoms with Crippen molar-refractivity contribution >= 4 is 22.0 Å². The van der Waals surface area contributed by atoms with Gasteiger partial charge in [0, 0.05) is 12.1 Å². The van der Waals surface area contributed by atoms with Crippen molar-refractivity contribution in [2.24, 2.45) is 0 Å². The Morgan fingerprint density at radius 2 is 1.67 bits per heavy atom. The first-order valence-electron chi connectivity index (χ1n) is 9.95. The van der Waals surface area contributed by atoms with Crippen molar-refractivity contribution in [3.8, 4) is 5.75 Å². The highest BCUT2D eigenvalue weighted by Crippen LogP contribution is 2.26. The number of amides is 1. The predicted octanol–water partition coefficient (Wildman–Crippen LogP) is 3.68. The molecule has 0 radical (unpaired) electrons. The zero-order valence-corrected chi connectivity index (χ0v) is 18.8. The van der Waals surface area contributed by atoms with Crippen molar-refractivity contribution in [2.45, 2.75) is 25.3 Å². The number of carbonyl (C=O) groups excluding carboxylic acids is 2. The molecule has 3 aromatic carbocycles. The summed E-state index contributed by atoms with van der Waals surface area (Å²) in [6, 6.07) is 16.5. The van der Waals surface area contributed by atoms with E-state index in [0.29, 0.717) is 5.56 Å². The van der Waals surface area contributed by atoms with E-state index in [4.69, 9.17) is 8.92 Å². The number of nitrogens with one attached hydrogen (secondary N) is 1. The quantitative estimate of drug-likeness (QED) is 0.398. The van der Waals surface area contributed by atoms with E-state index in [9.17, 15) is 22.4 Å². The molecule has 0 unspecified atom stereocenters. The zero-order valence-electron chi connectivity index (χ0n) is 18.0. The molecule has 172 valence electrons. The molecule has 0 saturated heterocycles. The van der Waals surface area contributed by atoms with Gasteiger partial charge in [0.1, 0.15) is 16.3 Å². The van der Waals surface area contributed by atoms with Gasteiger partial charge < -0.3 is 14.2 Å². The summed E-state index contributed by atoms with van der Waals surface area (Å²) in [5, 5.41) is 2.45. The molecule has 0 aromatic heterocycles. The fraction of sp³-hybridized carbons (Fsp3) is 0.167. The van der Waals surface area contributed by atoms with Gasteiger partial charge in [-0.05, 0) is 49.2 Å². The first-order chi connectivity index (χ1) is 15.7. The maximum Gasteiger partial charge on any atom is 0.342 e. The lowest BCUT2D eigenvalue weighted by molar-refractivity contribution is -0.124. The summed E-state index contributed by atoms with van der Waals surface area (Å²) in [7, 11) is -4.22. The van der Waals surface area contributed by atoms with Crippen LogP contribution in [0.2, 0.25) is 0 Å². The average molecular weight is 472 g/mol. The van der Waals surface area contributed by atoms with E-state index in [1.165, 1.54) is 48.5 Å². The maximum atomic E-state index is 13.6. The standard InChI is InChI=1S/C24H22FNO6S/c1-16-11-12-17(2)22(13-16)33(29,30)32-21-10-6-4-8-19(21)24(28)31-15-23(27)26-14-18-7-3-5-9-20(18)25/h3-13H,14-15H2,1-2H3,(H,26,27). The fourth-order valence-electron chi connectivity index (χ4n) is 2.94. The molecule has 1 N–H and O–H groups in total. The van der Waals surface area contributed by atoms with Gasteiger partial charge in [-0.15, -0.1) is 0 Å². The molecule has 0 spiro atoms. The van der Waals surface area contributed by atoms with Crippen LogP contribution in [-0.2, 0) is 26.2 Å². The minimum Gasteiger partial charge on any atom is -0.452 e. The van der Waals surface area contributed by atoms with Crippen LogP contribution in [0.4, 0.5) is 4.39 Å². The molecule has 9 heteroatoms. The normalized spacial score (nSPS) is 11.0. The summed E-state index contributed by atoms with van der Waals surface area (Å²) >= 11 is 0. The summed E-state index contributed by atoms with van der Waals surface area (Å²) in [5.41, 5.74) is 1.35. The van der Waals surface area contributed by atoms with Crippen LogP contribution in [0, 0.1) is 19.7 Å². The molecule has 0 bridgehead atoms. The van der Waals surface area contributed by atoms with Crippen molar-refractivity contribution < 1.29 is 31.3 Å². The summed E-state index contributed by atoms with van der Waals surface area (Å²) in [5.74, 6) is -2.28. The maximum absolute atomic E-state index is 13.6. The van der Waals surface area contributed by atoms with Gasteiger partial charge in [-0.25, -0.2) is 9.18 Å². The molecule has 0 fully saturated rings. The average Bonchev–Trinajstić information content (AvgIpc) is 2.78. The molecule has 3 aromatic rings. The monoisotopic (exact) mass is 471 g/mol. The summed E-state index contributed by atoms with van der Waals surface area (Å²) < 4.78 is 49.4. The molecule has 3 rings (SSSR count). The predicted molar refractivity (Wildman–Crippen MR) is 119 cm³/mol. The number of aryl methyl sites for hydroxylation is 2. The van der Waals surface area contributed by atoms with Crippen LogP contribution in [0.25, 0.3) is 0 Å². The van der Waals surface area contributed by atoms with E-state index in [0.717, 1.165) is 5.56 Å². The van der Waals surface area contributed by atoms with Gasteiger partial charge in [0.05, 0.1) is 0 Å². The van der Waals surface area contributed by atoms with Gasteiger partial charge in [-0.3, -0.25) is 4.79 Å². The Hall–Kier alpha value is -3.72. The molecular weight excluding hydrogens is 449 g/mol. The third kappa shape index (κ3) is 6.17. The Morgan fingerprint density at radius 3 is 2.42 bits per heavy atom. The molecule has 0 aliphatic heterocycles. The van der Waals surface area contributed by atoms with E-state index in [1.807, 2.05) is 0 Å². The van der Waals surface area contributed by atoms with Gasteiger partial charge in [0.25, 0.3) is 5.91 Å². The van der Waals surface area contributed by atoms with Crippen LogP contribution >= 0.6 is 0 Å². The molecule has 0 heterocycles. The van der Waals surface area contributed by atoms with Crippen molar-refractivity contribution in [1.29, 1.82) is 0 Å². The molecule has 0 saturated carbocycles. The second kappa shape index (κ2) is 10.3. The van der Waals surface area contributed by atoms with Crippen molar-refractivity contribution in [3.63, 3.8) is 0 Å². The molecule has 1 amide bonds. The van der Waals surface area contributed by atoms with Crippen LogP contribution in [0.15, 0.2) is 71.6 Å². The van der Waals surface area contributed by atoms with Crippen molar-refractivity contribution in [3.05, 3.63) is 94.8 Å². The molecular formula is C24H22FNO6S. The number of hydrogen-bond donors (Lipinski definition) is 1. The Labute approximate surface area is 191 Å². The van der Waals surface area contributed by atoms with Gasteiger partial charge in [0.2, 0.25) is 0 Å². The van der Waals surface area contributed by atoms with Crippen LogP contribution in [0.3, 0.4) is 0 Å². The van der Waals surface area contributed by atoms with Crippen molar-refractivity contribution in [2.75, 3.05) is 6.61 Å². The summed E-state index contributed by atoms with van der Waals surface area (Å²) in [4.78, 5) is 24.5. The third-order valence-electron chi connectivity index (χ3n) is 4.69. The highest BCUT2D eigenvalue weighted by molar-refractivity contribution is 7.87. The van der Waals surface area contributed by atoms with E-state index >= 15 is 0 Å². The summed E-state index contributed by atoms with van der Waals surface area (Å²) in [6.45, 7) is 2.68. The van der Waals surface area contributed by atoms with E-state index in [2.05, 4.69) is 5.32 Å². The van der Waals surface area contributed by atoms with Gasteiger partial charge >= 0.3 is 16.1 Å². The van der Waals surface area contributed by atoms with Crippen molar-refractivity contribution in [1.82, 2.24) is 5.32 Å². The SMILES string of the molecule is Cc1ccc(C)c(S(=O)(=O)Oc2ccccc2C(=O)OCC(=O)NCc2ccccc2F)c1. The van der Waals surface area contributed by atoms with E-state index in [-0.39, 0.29) is 28.3 Å². The minimum absolute atomic E-state index is 0.0156. The summed E-state index contributed by atoms with van der Waals surface area (Å²) in [6.07, 6.45) is 0. The molecule has 0 atom stereocenters. The molecule has 0 aliphatic carbocycles. The number of benzene rings is 3. The number of hydrogen-bond acceptors (Lipinski definition) is 6. The minimum atomic E-state index is -4.22. The van der Waals surface area contributed by atoms with Crippen LogP contribution in [0.5, 0.6) is 5.75 Å². The highest BCUT2D eigenvalue weighted by Gasteiger charge is 2.23. The fourth-order valence-corrected chi connectivity index (χ4v) is 4.21. The highest BCUT2D eigenvalue weighted by atomic mass is 32.2. The lowest BCUT2D eigenvalue weighted by Crippen LogP contribution is -2.28. The molecule has 0 aliphatic rings. The second-order valence-corrected chi connectivity index (χ2v) is 8.76. The Kier molecular flexibility index (Phi) is 7.44. The Morgan fingerprint density at radius 1 is 0.970 bits per heavy atom. The molecule has 7 nitrogen and oxygen atoms in total. The number of esters is 1. The van der Waals surface area contributed by atoms with E-state index in [1.54, 1.807) is 32.0 Å². The number of ether oxygens (including phenoxy) is 1. The topological polar surface area (TPSA) is 98.8 Å². The number of halogens is 1. The Balaban J connectivity index is 1.67. The van der Waals surface area contributed by atoms with Gasteiger partial charge in [-0.2, -0.15) is 8.42 Å². The van der Waals surface area contributed by atoms with Crippen LogP contribution < -0.4 is 9.50 Å². The van der Waals surface area contributed by atoms with Crippen LogP contribution in [0.1, 0.15) is 27.0 Å². The second-order valence-electron chi connectivity index (χ2n) is 7.25. The lowest BCUT2D eigenvalue weighted by Gasteiger charge is -2.13. The Bertz CT molecular complexity index is 1290. The number of para-hydroxylation sites is 1. The number of carbonyl (C=O) groups is 2. The van der Waals surface area contributed by atoms with E-state index < -0.39 is 34.4 Å². The van der Waals surface area contributed by atoms with Gasteiger partial charge in [0.15, 0.2) is 12.4 Å². The largest absolute Gasteiger partial charge is 0.452 e. The molecule has 33 heavy (non-hydrogen) atoms. The first-order valence-corrected chi connectivity index (χ1v) is 11.4. The number of rotatable bonds is 8. The third-order valence-corrected chi connectivity index (χ3v) is 6.07. The zero-order chi connectivity index (χ0) is 24.0. The van der Waals surface area contributed by atoms with Crippen LogP contribution in [-0.4, -0.2) is 26.9 Å². The first kappa shape index (κ1) is 23.9.